The lowest BCUT2D eigenvalue weighted by Gasteiger charge is -2.32. The van der Waals surface area contributed by atoms with Crippen molar-refractivity contribution in [3.8, 4) is 5.75 Å². The summed E-state index contributed by atoms with van der Waals surface area (Å²) in [6.07, 6.45) is 2.00. The number of aryl methyl sites for hydroxylation is 1. The highest BCUT2D eigenvalue weighted by Gasteiger charge is 2.31. The zero-order valence-electron chi connectivity index (χ0n) is 21.8. The molecule has 0 saturated heterocycles. The van der Waals surface area contributed by atoms with Gasteiger partial charge in [-0.05, 0) is 76.7 Å². The Bertz CT molecular complexity index is 1240. The van der Waals surface area contributed by atoms with Crippen LogP contribution in [-0.2, 0) is 29.0 Å². The van der Waals surface area contributed by atoms with Gasteiger partial charge in [0, 0.05) is 29.1 Å². The van der Waals surface area contributed by atoms with Crippen LogP contribution in [0.2, 0.25) is 10.0 Å². The minimum absolute atomic E-state index is 0.0406. The number of nitrogens with zero attached hydrogens (tertiary/aromatic N) is 1. The predicted molar refractivity (Wildman–Crippen MR) is 158 cm³/mol. The summed E-state index contributed by atoms with van der Waals surface area (Å²) in [5.41, 5.74) is 2.78. The van der Waals surface area contributed by atoms with Crippen LogP contribution in [0.1, 0.15) is 43.9 Å². The van der Waals surface area contributed by atoms with Gasteiger partial charge >= 0.3 is 0 Å². The Balaban J connectivity index is 1.95. The van der Waals surface area contributed by atoms with Crippen LogP contribution in [-0.4, -0.2) is 35.4 Å². The summed E-state index contributed by atoms with van der Waals surface area (Å²) in [6, 6.07) is 19.8. The molecule has 0 saturated carbocycles. The molecule has 5 nitrogen and oxygen atoms in total. The van der Waals surface area contributed by atoms with Gasteiger partial charge in [-0.15, -0.1) is 0 Å². The molecule has 1 N–H and O–H groups in total. The predicted octanol–water partition coefficient (Wildman–Crippen LogP) is 7.25. The smallest absolute Gasteiger partial charge is 0.261 e. The van der Waals surface area contributed by atoms with E-state index in [1.165, 1.54) is 0 Å². The van der Waals surface area contributed by atoms with Crippen LogP contribution in [0.25, 0.3) is 0 Å². The van der Waals surface area contributed by atoms with Crippen molar-refractivity contribution in [2.75, 3.05) is 6.61 Å². The van der Waals surface area contributed by atoms with Crippen molar-refractivity contribution in [2.24, 2.45) is 0 Å². The Morgan fingerprint density at radius 1 is 1.00 bits per heavy atom. The summed E-state index contributed by atoms with van der Waals surface area (Å²) in [4.78, 5) is 28.9. The number of carbonyl (C=O) groups is 2. The van der Waals surface area contributed by atoms with E-state index in [-0.39, 0.29) is 31.0 Å². The first-order valence-electron chi connectivity index (χ1n) is 12.7. The molecule has 0 aliphatic carbocycles. The Labute approximate surface area is 243 Å². The van der Waals surface area contributed by atoms with Crippen LogP contribution in [0.3, 0.4) is 0 Å². The first-order chi connectivity index (χ1) is 18.2. The molecule has 0 fully saturated rings. The molecule has 0 radical (unpaired) electrons. The number of carbonyl (C=O) groups excluding carboxylic acids is 2. The van der Waals surface area contributed by atoms with E-state index in [1.807, 2.05) is 62.4 Å². The molecule has 3 rings (SSSR count). The van der Waals surface area contributed by atoms with E-state index in [4.69, 9.17) is 27.9 Å². The maximum Gasteiger partial charge on any atom is 0.261 e. The Morgan fingerprint density at radius 2 is 1.74 bits per heavy atom. The van der Waals surface area contributed by atoms with Gasteiger partial charge in [-0.3, -0.25) is 9.59 Å². The SMILES string of the molecule is CCc1ccc(OCC(=O)N(Cc2ccc(Cl)cc2Cl)[C@@H](Cc2ccccc2)C(=O)N[C@@H](C)CC)c(Br)c1. The third kappa shape index (κ3) is 8.48. The quantitative estimate of drug-likeness (QED) is 0.232. The molecule has 2 atom stereocenters. The normalized spacial score (nSPS) is 12.5. The lowest BCUT2D eigenvalue weighted by Crippen LogP contribution is -2.53. The average molecular weight is 620 g/mol. The topological polar surface area (TPSA) is 58.6 Å². The molecule has 0 heterocycles. The van der Waals surface area contributed by atoms with Crippen molar-refractivity contribution < 1.29 is 14.3 Å². The second kappa shape index (κ2) is 14.6. The molecule has 0 aliphatic heterocycles. The fraction of sp³-hybridized carbons (Fsp3) is 0.333. The molecule has 0 unspecified atom stereocenters. The number of nitrogens with one attached hydrogen (secondary N) is 1. The fourth-order valence-corrected chi connectivity index (χ4v) is 4.94. The lowest BCUT2D eigenvalue weighted by atomic mass is 10.0. The molecule has 3 aromatic carbocycles. The van der Waals surface area contributed by atoms with Gasteiger partial charge in [0.25, 0.3) is 5.91 Å². The number of amides is 2. The summed E-state index contributed by atoms with van der Waals surface area (Å²) in [6.45, 7) is 5.91. The van der Waals surface area contributed by atoms with Crippen molar-refractivity contribution in [1.29, 1.82) is 0 Å². The minimum Gasteiger partial charge on any atom is -0.483 e. The number of hydrogen-bond donors (Lipinski definition) is 1. The first-order valence-corrected chi connectivity index (χ1v) is 14.3. The van der Waals surface area contributed by atoms with Gasteiger partial charge < -0.3 is 15.0 Å². The van der Waals surface area contributed by atoms with Gasteiger partial charge in [0.2, 0.25) is 5.91 Å². The van der Waals surface area contributed by atoms with Crippen LogP contribution >= 0.6 is 39.1 Å². The summed E-state index contributed by atoms with van der Waals surface area (Å²) in [7, 11) is 0. The summed E-state index contributed by atoms with van der Waals surface area (Å²) >= 11 is 16.1. The van der Waals surface area contributed by atoms with Gasteiger partial charge in [-0.1, -0.05) is 79.5 Å². The van der Waals surface area contributed by atoms with E-state index in [0.29, 0.717) is 27.8 Å². The maximum absolute atomic E-state index is 13.8. The monoisotopic (exact) mass is 618 g/mol. The standard InChI is InChI=1S/C30H33BrCl2N2O3/c1-4-20(3)34-30(37)27(16-22-9-7-6-8-10-22)35(18-23-12-13-24(32)17-26(23)33)29(36)19-38-28-14-11-21(5-2)15-25(28)31/h6-15,17,20,27H,4-5,16,18-19H2,1-3H3,(H,34,37)/t20-,27-/m0/s1. The second-order valence-corrected chi connectivity index (χ2v) is 10.9. The van der Waals surface area contributed by atoms with Crippen LogP contribution < -0.4 is 10.1 Å². The lowest BCUT2D eigenvalue weighted by molar-refractivity contribution is -0.143. The number of hydrogen-bond acceptors (Lipinski definition) is 3. The Morgan fingerprint density at radius 3 is 2.37 bits per heavy atom. The minimum atomic E-state index is -0.778. The van der Waals surface area contributed by atoms with Crippen molar-refractivity contribution in [3.63, 3.8) is 0 Å². The van der Waals surface area contributed by atoms with Crippen molar-refractivity contribution in [2.45, 2.75) is 58.7 Å². The van der Waals surface area contributed by atoms with Gasteiger partial charge in [0.15, 0.2) is 6.61 Å². The Hall–Kier alpha value is -2.54. The molecule has 0 bridgehead atoms. The molecule has 0 aliphatic rings. The van der Waals surface area contributed by atoms with Crippen molar-refractivity contribution >= 4 is 50.9 Å². The summed E-state index contributed by atoms with van der Waals surface area (Å²) in [5, 5.41) is 3.98. The zero-order valence-corrected chi connectivity index (χ0v) is 24.9. The largest absolute Gasteiger partial charge is 0.483 e. The number of halogens is 3. The molecule has 8 heteroatoms. The molecule has 2 amide bonds. The highest BCUT2D eigenvalue weighted by molar-refractivity contribution is 9.10. The third-order valence-corrected chi connectivity index (χ3v) is 7.59. The van der Waals surface area contributed by atoms with Gasteiger partial charge in [0.05, 0.1) is 4.47 Å². The number of benzene rings is 3. The van der Waals surface area contributed by atoms with Crippen molar-refractivity contribution in [3.05, 3.63) is 97.9 Å². The van der Waals surface area contributed by atoms with Crippen LogP contribution in [0.5, 0.6) is 5.75 Å². The van der Waals surface area contributed by atoms with Gasteiger partial charge in [-0.2, -0.15) is 0 Å². The van der Waals surface area contributed by atoms with Gasteiger partial charge in [-0.25, -0.2) is 0 Å². The number of rotatable bonds is 12. The van der Waals surface area contributed by atoms with Crippen LogP contribution in [0.4, 0.5) is 0 Å². The van der Waals surface area contributed by atoms with E-state index in [2.05, 4.69) is 28.2 Å². The highest BCUT2D eigenvalue weighted by atomic mass is 79.9. The molecule has 0 aromatic heterocycles. The summed E-state index contributed by atoms with van der Waals surface area (Å²) < 4.78 is 6.70. The maximum atomic E-state index is 13.8. The molecular weight excluding hydrogens is 587 g/mol. The second-order valence-electron chi connectivity index (χ2n) is 9.19. The van der Waals surface area contributed by atoms with E-state index in [9.17, 15) is 9.59 Å². The van der Waals surface area contributed by atoms with E-state index < -0.39 is 6.04 Å². The zero-order chi connectivity index (χ0) is 27.7. The van der Waals surface area contributed by atoms with Crippen LogP contribution in [0, 0.1) is 0 Å². The molecule has 38 heavy (non-hydrogen) atoms. The number of ether oxygens (including phenoxy) is 1. The fourth-order valence-electron chi connectivity index (χ4n) is 3.93. The molecule has 3 aromatic rings. The summed E-state index contributed by atoms with van der Waals surface area (Å²) in [5.74, 6) is 0.00141. The van der Waals surface area contributed by atoms with Gasteiger partial charge in [0.1, 0.15) is 11.8 Å². The van der Waals surface area contributed by atoms with Crippen molar-refractivity contribution in [1.82, 2.24) is 10.2 Å². The first kappa shape index (κ1) is 30.0. The highest BCUT2D eigenvalue weighted by Crippen LogP contribution is 2.27. The molecule has 202 valence electrons. The van der Waals surface area contributed by atoms with E-state index in [1.54, 1.807) is 23.1 Å². The van der Waals surface area contributed by atoms with E-state index in [0.717, 1.165) is 28.4 Å². The average Bonchev–Trinajstić information content (AvgIpc) is 2.91. The van der Waals surface area contributed by atoms with E-state index >= 15 is 0 Å². The van der Waals surface area contributed by atoms with Crippen LogP contribution in [0.15, 0.2) is 71.2 Å². The molecular formula is C30H33BrCl2N2O3. The molecule has 0 spiro atoms. The third-order valence-electron chi connectivity index (χ3n) is 6.38. The Kier molecular flexibility index (Phi) is 11.5.